The van der Waals surface area contributed by atoms with Gasteiger partial charge in [-0.3, -0.25) is 4.79 Å². The molecule has 2 N–H and O–H groups in total. The quantitative estimate of drug-likeness (QED) is 0.840. The zero-order valence-corrected chi connectivity index (χ0v) is 12.2. The second kappa shape index (κ2) is 4.51. The van der Waals surface area contributed by atoms with E-state index < -0.39 is 24.2 Å². The Balaban J connectivity index is 2.46. The topological polar surface area (TPSA) is 61.5 Å². The van der Waals surface area contributed by atoms with Crippen LogP contribution in [0.1, 0.15) is 38.1 Å². The van der Waals surface area contributed by atoms with Crippen molar-refractivity contribution in [3.05, 3.63) is 28.8 Å². The maximum absolute atomic E-state index is 11.5. The molecule has 0 unspecified atom stereocenters. The van der Waals surface area contributed by atoms with Gasteiger partial charge in [0, 0.05) is 0 Å². The molecule has 19 heavy (non-hydrogen) atoms. The molecule has 1 aromatic rings. The number of rotatable bonds is 2. The molecule has 1 aromatic carbocycles. The molecule has 0 aliphatic carbocycles. The average molecular weight is 282 g/mol. The number of carbonyl (C=O) groups excluding carboxylic acids is 1. The van der Waals surface area contributed by atoms with Crippen LogP contribution < -0.4 is 11.2 Å². The molecule has 0 radical (unpaired) electrons. The van der Waals surface area contributed by atoms with Gasteiger partial charge in [0.15, 0.2) is 0 Å². The number of hydrogen-bond acceptors (Lipinski definition) is 3. The van der Waals surface area contributed by atoms with E-state index in [-0.39, 0.29) is 5.56 Å². The number of halogens is 1. The highest BCUT2D eigenvalue weighted by atomic mass is 35.5. The molecule has 1 fully saturated rings. The summed E-state index contributed by atoms with van der Waals surface area (Å²) in [5.41, 5.74) is 5.25. The highest BCUT2D eigenvalue weighted by Gasteiger charge is 2.52. The van der Waals surface area contributed by atoms with Crippen molar-refractivity contribution < 1.29 is 14.1 Å². The minimum atomic E-state index is -0.647. The summed E-state index contributed by atoms with van der Waals surface area (Å²) in [6.07, 6.45) is 0. The van der Waals surface area contributed by atoms with Crippen LogP contribution in [0.3, 0.4) is 0 Å². The molecule has 0 saturated carbocycles. The first-order valence-electron chi connectivity index (χ1n) is 6.09. The van der Waals surface area contributed by atoms with Gasteiger partial charge in [0.1, 0.15) is 0 Å². The lowest BCUT2D eigenvalue weighted by molar-refractivity contribution is 0.00578. The molecule has 4 nitrogen and oxygen atoms in total. The summed E-state index contributed by atoms with van der Waals surface area (Å²) in [6.45, 7) is 7.78. The molecule has 1 aliphatic rings. The summed E-state index contributed by atoms with van der Waals surface area (Å²) in [4.78, 5) is 11.5. The van der Waals surface area contributed by atoms with E-state index in [0.717, 1.165) is 0 Å². The van der Waals surface area contributed by atoms with Gasteiger partial charge in [0.25, 0.3) is 0 Å². The standard InChI is InChI=1S/C13H17BClNO3/c1-12(2)13(3,4)19-14(18-12)8-6-5-7-9(15)10(8)11(16)17/h5-7H,1-4H3,(H2,16,17). The van der Waals surface area contributed by atoms with Crippen molar-refractivity contribution in [3.63, 3.8) is 0 Å². The van der Waals surface area contributed by atoms with Gasteiger partial charge in [0.05, 0.1) is 21.8 Å². The van der Waals surface area contributed by atoms with Crippen molar-refractivity contribution in [2.75, 3.05) is 0 Å². The Kier molecular flexibility index (Phi) is 3.41. The normalized spacial score (nSPS) is 20.6. The summed E-state index contributed by atoms with van der Waals surface area (Å²) >= 11 is 6.03. The van der Waals surface area contributed by atoms with Crippen LogP contribution in [0.15, 0.2) is 18.2 Å². The van der Waals surface area contributed by atoms with Crippen LogP contribution in [0.5, 0.6) is 0 Å². The van der Waals surface area contributed by atoms with Crippen LogP contribution in [-0.2, 0) is 9.31 Å². The first-order chi connectivity index (χ1) is 8.66. The van der Waals surface area contributed by atoms with Crippen LogP contribution in [0.4, 0.5) is 0 Å². The van der Waals surface area contributed by atoms with Crippen molar-refractivity contribution in [3.8, 4) is 0 Å². The van der Waals surface area contributed by atoms with Crippen LogP contribution in [0.2, 0.25) is 5.02 Å². The summed E-state index contributed by atoms with van der Waals surface area (Å²) in [5.74, 6) is -0.588. The highest BCUT2D eigenvalue weighted by Crippen LogP contribution is 2.36. The molecule has 1 aliphatic heterocycles. The van der Waals surface area contributed by atoms with Gasteiger partial charge in [-0.1, -0.05) is 23.7 Å². The van der Waals surface area contributed by atoms with Crippen molar-refractivity contribution in [2.45, 2.75) is 38.9 Å². The molecular formula is C13H17BClNO3. The Labute approximate surface area is 118 Å². The van der Waals surface area contributed by atoms with E-state index in [1.54, 1.807) is 18.2 Å². The van der Waals surface area contributed by atoms with Gasteiger partial charge in [-0.05, 0) is 39.2 Å². The van der Waals surface area contributed by atoms with Crippen LogP contribution in [0, 0.1) is 0 Å². The van der Waals surface area contributed by atoms with Gasteiger partial charge in [0.2, 0.25) is 5.91 Å². The summed E-state index contributed by atoms with van der Waals surface area (Å²) in [6, 6.07) is 5.11. The summed E-state index contributed by atoms with van der Waals surface area (Å²) in [7, 11) is -0.647. The fraction of sp³-hybridized carbons (Fsp3) is 0.462. The van der Waals surface area contributed by atoms with Gasteiger partial charge in [-0.25, -0.2) is 0 Å². The van der Waals surface area contributed by atoms with Crippen molar-refractivity contribution in [1.29, 1.82) is 0 Å². The lowest BCUT2D eigenvalue weighted by atomic mass is 9.75. The van der Waals surface area contributed by atoms with Crippen molar-refractivity contribution in [1.82, 2.24) is 0 Å². The molecule has 1 saturated heterocycles. The number of nitrogens with two attached hydrogens (primary N) is 1. The predicted octanol–water partition coefficient (Wildman–Crippen LogP) is 1.74. The van der Waals surface area contributed by atoms with E-state index >= 15 is 0 Å². The van der Waals surface area contributed by atoms with E-state index in [1.165, 1.54) is 0 Å². The fourth-order valence-corrected chi connectivity index (χ4v) is 2.24. The molecule has 0 spiro atoms. The smallest absolute Gasteiger partial charge is 0.399 e. The van der Waals surface area contributed by atoms with E-state index in [2.05, 4.69) is 0 Å². The minimum absolute atomic E-state index is 0.252. The van der Waals surface area contributed by atoms with Crippen molar-refractivity contribution in [2.24, 2.45) is 5.73 Å². The monoisotopic (exact) mass is 281 g/mol. The lowest BCUT2D eigenvalue weighted by Crippen LogP contribution is -2.41. The number of benzene rings is 1. The third kappa shape index (κ3) is 2.38. The Morgan fingerprint density at radius 2 is 1.74 bits per heavy atom. The number of carbonyl (C=O) groups is 1. The van der Waals surface area contributed by atoms with E-state index in [9.17, 15) is 4.79 Å². The minimum Gasteiger partial charge on any atom is -0.399 e. The third-order valence-corrected chi connectivity index (χ3v) is 4.11. The molecule has 0 atom stereocenters. The molecule has 6 heteroatoms. The van der Waals surface area contributed by atoms with Gasteiger partial charge >= 0.3 is 7.12 Å². The second-order valence-electron chi connectivity index (χ2n) is 5.66. The molecule has 0 bridgehead atoms. The largest absolute Gasteiger partial charge is 0.495 e. The number of primary amides is 1. The van der Waals surface area contributed by atoms with Crippen LogP contribution in [-0.4, -0.2) is 24.2 Å². The van der Waals surface area contributed by atoms with Gasteiger partial charge in [-0.15, -0.1) is 0 Å². The van der Waals surface area contributed by atoms with Gasteiger partial charge < -0.3 is 15.0 Å². The van der Waals surface area contributed by atoms with E-state index in [4.69, 9.17) is 26.6 Å². The van der Waals surface area contributed by atoms with E-state index in [0.29, 0.717) is 10.5 Å². The fourth-order valence-electron chi connectivity index (χ4n) is 1.97. The van der Waals surface area contributed by atoms with Crippen LogP contribution in [0.25, 0.3) is 0 Å². The maximum Gasteiger partial charge on any atom is 0.495 e. The zero-order chi connectivity index (χ0) is 14.4. The SMILES string of the molecule is CC1(C)OB(c2cccc(Cl)c2C(N)=O)OC1(C)C. The van der Waals surface area contributed by atoms with Gasteiger partial charge in [-0.2, -0.15) is 0 Å². The van der Waals surface area contributed by atoms with E-state index in [1.807, 2.05) is 27.7 Å². The molecule has 0 aromatic heterocycles. The molecule has 2 rings (SSSR count). The van der Waals surface area contributed by atoms with Crippen LogP contribution >= 0.6 is 11.6 Å². The molecular weight excluding hydrogens is 264 g/mol. The first kappa shape index (κ1) is 14.4. The number of hydrogen-bond donors (Lipinski definition) is 1. The zero-order valence-electron chi connectivity index (χ0n) is 11.5. The van der Waals surface area contributed by atoms with Crippen molar-refractivity contribution >= 4 is 30.1 Å². The Bertz CT molecular complexity index is 515. The summed E-state index contributed by atoms with van der Waals surface area (Å²) < 4.78 is 11.8. The molecule has 102 valence electrons. The Morgan fingerprint density at radius 1 is 1.21 bits per heavy atom. The molecule has 1 heterocycles. The Morgan fingerprint density at radius 3 is 2.21 bits per heavy atom. The average Bonchev–Trinajstić information content (AvgIpc) is 2.47. The maximum atomic E-state index is 11.5. The second-order valence-corrected chi connectivity index (χ2v) is 6.06. The number of amides is 1. The Hall–Kier alpha value is -1.04. The predicted molar refractivity (Wildman–Crippen MR) is 75.7 cm³/mol. The third-order valence-electron chi connectivity index (χ3n) is 3.80. The first-order valence-corrected chi connectivity index (χ1v) is 6.47. The molecule has 1 amide bonds. The lowest BCUT2D eigenvalue weighted by Gasteiger charge is -2.32. The highest BCUT2D eigenvalue weighted by molar-refractivity contribution is 6.64. The summed E-state index contributed by atoms with van der Waals surface area (Å²) in [5, 5.41) is 0.305.